The summed E-state index contributed by atoms with van der Waals surface area (Å²) in [5, 5.41) is 35.7. The third kappa shape index (κ3) is 5.44. The Hall–Kier alpha value is -0.650. The summed E-state index contributed by atoms with van der Waals surface area (Å²) in [6, 6.07) is 0. The van der Waals surface area contributed by atoms with Crippen LogP contribution >= 0.6 is 0 Å². The third-order valence-corrected chi connectivity index (χ3v) is 2.61. The summed E-state index contributed by atoms with van der Waals surface area (Å²) < 4.78 is 0. The Labute approximate surface area is 95.7 Å². The SMILES string of the molecule is CCCCCCCCC(O)C(O)(O)C(=O)O. The first-order chi connectivity index (χ1) is 7.42. The van der Waals surface area contributed by atoms with E-state index >= 15 is 0 Å². The number of aliphatic carboxylic acids is 1. The largest absolute Gasteiger partial charge is 0.477 e. The summed E-state index contributed by atoms with van der Waals surface area (Å²) in [5.41, 5.74) is 0. The van der Waals surface area contributed by atoms with Gasteiger partial charge in [0, 0.05) is 0 Å². The Morgan fingerprint density at radius 1 is 1.12 bits per heavy atom. The molecule has 4 N–H and O–H groups in total. The highest BCUT2D eigenvalue weighted by Gasteiger charge is 2.41. The van der Waals surface area contributed by atoms with Gasteiger partial charge in [-0.25, -0.2) is 4.79 Å². The molecule has 5 nitrogen and oxygen atoms in total. The highest BCUT2D eigenvalue weighted by molar-refractivity contribution is 5.75. The van der Waals surface area contributed by atoms with Crippen molar-refractivity contribution in [3.05, 3.63) is 0 Å². The molecule has 96 valence electrons. The lowest BCUT2D eigenvalue weighted by atomic mass is 10.0. The Bertz CT molecular complexity index is 203. The Morgan fingerprint density at radius 2 is 1.62 bits per heavy atom. The molecule has 0 fully saturated rings. The van der Waals surface area contributed by atoms with Crippen molar-refractivity contribution in [3.8, 4) is 0 Å². The van der Waals surface area contributed by atoms with Crippen molar-refractivity contribution in [2.24, 2.45) is 0 Å². The molecule has 0 rings (SSSR count). The predicted octanol–water partition coefficient (Wildman–Crippen LogP) is 0.863. The van der Waals surface area contributed by atoms with Gasteiger partial charge < -0.3 is 20.4 Å². The van der Waals surface area contributed by atoms with E-state index in [2.05, 4.69) is 6.92 Å². The molecule has 0 saturated carbocycles. The molecular formula is C11H22O5. The fourth-order valence-corrected chi connectivity index (χ4v) is 1.46. The minimum Gasteiger partial charge on any atom is -0.477 e. The molecule has 1 atom stereocenters. The summed E-state index contributed by atoms with van der Waals surface area (Å²) in [5.74, 6) is -4.84. The smallest absolute Gasteiger partial charge is 0.366 e. The fourth-order valence-electron chi connectivity index (χ4n) is 1.46. The molecular weight excluding hydrogens is 212 g/mol. The van der Waals surface area contributed by atoms with Gasteiger partial charge in [-0.05, 0) is 6.42 Å². The van der Waals surface area contributed by atoms with Gasteiger partial charge in [0.05, 0.1) is 0 Å². The van der Waals surface area contributed by atoms with Crippen LogP contribution < -0.4 is 0 Å². The summed E-state index contributed by atoms with van der Waals surface area (Å²) in [6.07, 6.45) is 4.39. The molecule has 0 bridgehead atoms. The molecule has 0 aliphatic carbocycles. The molecule has 0 spiro atoms. The predicted molar refractivity (Wildman–Crippen MR) is 58.8 cm³/mol. The average Bonchev–Trinajstić information content (AvgIpc) is 2.22. The van der Waals surface area contributed by atoms with Crippen LogP contribution in [0.2, 0.25) is 0 Å². The van der Waals surface area contributed by atoms with E-state index in [4.69, 9.17) is 15.3 Å². The first-order valence-electron chi connectivity index (χ1n) is 5.79. The van der Waals surface area contributed by atoms with E-state index in [0.717, 1.165) is 25.7 Å². The second kappa shape index (κ2) is 7.60. The van der Waals surface area contributed by atoms with Crippen LogP contribution in [0.1, 0.15) is 51.9 Å². The standard InChI is InChI=1S/C11H22O5/c1-2-3-4-5-6-7-8-9(12)11(15,16)10(13)14/h9,12,15-16H,2-8H2,1H3,(H,13,14). The monoisotopic (exact) mass is 234 g/mol. The minimum absolute atomic E-state index is 0.0887. The number of hydrogen-bond donors (Lipinski definition) is 4. The van der Waals surface area contributed by atoms with Crippen LogP contribution in [-0.2, 0) is 4.79 Å². The minimum atomic E-state index is -3.02. The van der Waals surface area contributed by atoms with E-state index in [1.807, 2.05) is 0 Å². The Balaban J connectivity index is 3.65. The van der Waals surface area contributed by atoms with Crippen LogP contribution in [0.5, 0.6) is 0 Å². The fraction of sp³-hybridized carbons (Fsp3) is 0.909. The van der Waals surface area contributed by atoms with Crippen LogP contribution in [0.15, 0.2) is 0 Å². The topological polar surface area (TPSA) is 98.0 Å². The number of aliphatic hydroxyl groups is 3. The van der Waals surface area contributed by atoms with E-state index in [1.54, 1.807) is 0 Å². The van der Waals surface area contributed by atoms with Gasteiger partial charge in [-0.1, -0.05) is 45.4 Å². The summed E-state index contributed by atoms with van der Waals surface area (Å²) in [4.78, 5) is 10.4. The van der Waals surface area contributed by atoms with Gasteiger partial charge in [0.25, 0.3) is 5.79 Å². The first-order valence-corrected chi connectivity index (χ1v) is 5.79. The molecule has 0 radical (unpaired) electrons. The second-order valence-electron chi connectivity index (χ2n) is 4.10. The summed E-state index contributed by atoms with van der Waals surface area (Å²) in [6.45, 7) is 2.11. The maximum Gasteiger partial charge on any atom is 0.366 e. The lowest BCUT2D eigenvalue weighted by Gasteiger charge is -2.22. The van der Waals surface area contributed by atoms with Crippen LogP contribution in [-0.4, -0.2) is 38.3 Å². The quantitative estimate of drug-likeness (QED) is 0.350. The number of carboxylic acids is 1. The molecule has 16 heavy (non-hydrogen) atoms. The molecule has 0 aliphatic heterocycles. The molecule has 5 heteroatoms. The average molecular weight is 234 g/mol. The second-order valence-corrected chi connectivity index (χ2v) is 4.10. The third-order valence-electron chi connectivity index (χ3n) is 2.61. The zero-order chi connectivity index (χ0) is 12.6. The van der Waals surface area contributed by atoms with E-state index in [9.17, 15) is 9.90 Å². The van der Waals surface area contributed by atoms with Gasteiger partial charge in [0.15, 0.2) is 0 Å². The number of rotatable bonds is 9. The van der Waals surface area contributed by atoms with E-state index in [-0.39, 0.29) is 6.42 Å². The molecule has 0 aliphatic rings. The molecule has 0 heterocycles. The Kier molecular flexibility index (Phi) is 7.29. The molecule has 0 aromatic carbocycles. The Morgan fingerprint density at radius 3 is 2.12 bits per heavy atom. The van der Waals surface area contributed by atoms with Crippen molar-refractivity contribution in [1.29, 1.82) is 0 Å². The molecule has 0 saturated heterocycles. The maximum absolute atomic E-state index is 10.4. The van der Waals surface area contributed by atoms with Crippen molar-refractivity contribution >= 4 is 5.97 Å². The van der Waals surface area contributed by atoms with Gasteiger partial charge in [0.2, 0.25) is 0 Å². The lowest BCUT2D eigenvalue weighted by Crippen LogP contribution is -2.49. The van der Waals surface area contributed by atoms with Crippen LogP contribution in [0.25, 0.3) is 0 Å². The number of unbranched alkanes of at least 4 members (excludes halogenated alkanes) is 5. The van der Waals surface area contributed by atoms with Crippen molar-refractivity contribution in [2.75, 3.05) is 0 Å². The molecule has 1 unspecified atom stereocenters. The zero-order valence-electron chi connectivity index (χ0n) is 9.72. The van der Waals surface area contributed by atoms with E-state index in [1.165, 1.54) is 6.42 Å². The van der Waals surface area contributed by atoms with Crippen LogP contribution in [0.4, 0.5) is 0 Å². The van der Waals surface area contributed by atoms with E-state index < -0.39 is 17.9 Å². The molecule has 0 aromatic heterocycles. The van der Waals surface area contributed by atoms with Crippen molar-refractivity contribution in [2.45, 2.75) is 63.8 Å². The van der Waals surface area contributed by atoms with Gasteiger partial charge in [-0.2, -0.15) is 0 Å². The summed E-state index contributed by atoms with van der Waals surface area (Å²) >= 11 is 0. The maximum atomic E-state index is 10.4. The van der Waals surface area contributed by atoms with Crippen molar-refractivity contribution in [1.82, 2.24) is 0 Å². The first kappa shape index (κ1) is 15.3. The van der Waals surface area contributed by atoms with Crippen molar-refractivity contribution < 1.29 is 25.2 Å². The normalized spacial score (nSPS) is 13.8. The van der Waals surface area contributed by atoms with Gasteiger partial charge in [-0.3, -0.25) is 0 Å². The van der Waals surface area contributed by atoms with E-state index in [0.29, 0.717) is 6.42 Å². The van der Waals surface area contributed by atoms with Crippen molar-refractivity contribution in [3.63, 3.8) is 0 Å². The van der Waals surface area contributed by atoms with Crippen LogP contribution in [0.3, 0.4) is 0 Å². The number of hydrogen-bond acceptors (Lipinski definition) is 4. The van der Waals surface area contributed by atoms with Gasteiger partial charge in [-0.15, -0.1) is 0 Å². The highest BCUT2D eigenvalue weighted by Crippen LogP contribution is 2.15. The van der Waals surface area contributed by atoms with Gasteiger partial charge >= 0.3 is 5.97 Å². The van der Waals surface area contributed by atoms with Crippen LogP contribution in [0, 0.1) is 0 Å². The lowest BCUT2D eigenvalue weighted by molar-refractivity contribution is -0.237. The number of carboxylic acid groups (broad SMARTS) is 1. The highest BCUT2D eigenvalue weighted by atomic mass is 16.6. The number of aliphatic hydroxyl groups excluding tert-OH is 1. The molecule has 0 aromatic rings. The molecule has 0 amide bonds. The zero-order valence-corrected chi connectivity index (χ0v) is 9.72. The number of carbonyl (C=O) groups is 1. The summed E-state index contributed by atoms with van der Waals surface area (Å²) in [7, 11) is 0. The van der Waals surface area contributed by atoms with Gasteiger partial charge in [0.1, 0.15) is 6.10 Å².